The summed E-state index contributed by atoms with van der Waals surface area (Å²) >= 11 is 0. The van der Waals surface area contributed by atoms with E-state index in [9.17, 15) is 4.79 Å². The van der Waals surface area contributed by atoms with E-state index in [1.165, 1.54) is 0 Å². The monoisotopic (exact) mass is 212 g/mol. The van der Waals surface area contributed by atoms with Gasteiger partial charge in [-0.05, 0) is 26.7 Å². The molecule has 3 unspecified atom stereocenters. The fourth-order valence-corrected chi connectivity index (χ4v) is 2.52. The van der Waals surface area contributed by atoms with Crippen molar-refractivity contribution in [2.75, 3.05) is 19.7 Å². The van der Waals surface area contributed by atoms with Crippen molar-refractivity contribution < 1.29 is 9.53 Å². The van der Waals surface area contributed by atoms with E-state index >= 15 is 0 Å². The number of carbonyl (C=O) groups excluding carboxylic acids is 1. The Morgan fingerprint density at radius 3 is 2.53 bits per heavy atom. The fourth-order valence-electron chi connectivity index (χ4n) is 2.52. The molecule has 2 saturated heterocycles. The highest BCUT2D eigenvalue weighted by Gasteiger charge is 2.36. The van der Waals surface area contributed by atoms with Gasteiger partial charge in [-0.1, -0.05) is 0 Å². The fraction of sp³-hybridized carbons (Fsp3) is 0.909. The van der Waals surface area contributed by atoms with E-state index in [2.05, 4.69) is 19.2 Å². The summed E-state index contributed by atoms with van der Waals surface area (Å²) in [5, 5.41) is 3.20. The molecule has 0 saturated carbocycles. The second-order valence-corrected chi connectivity index (χ2v) is 4.58. The first-order valence-electron chi connectivity index (χ1n) is 5.84. The van der Waals surface area contributed by atoms with Crippen molar-refractivity contribution in [1.29, 1.82) is 0 Å². The molecule has 1 amide bonds. The second-order valence-electron chi connectivity index (χ2n) is 4.58. The molecule has 86 valence electrons. The van der Waals surface area contributed by atoms with Gasteiger partial charge in [0, 0.05) is 25.2 Å². The Kier molecular flexibility index (Phi) is 3.26. The Morgan fingerprint density at radius 2 is 2.00 bits per heavy atom. The lowest BCUT2D eigenvalue weighted by Gasteiger charge is -2.32. The second kappa shape index (κ2) is 4.49. The van der Waals surface area contributed by atoms with Crippen molar-refractivity contribution in [3.05, 3.63) is 0 Å². The van der Waals surface area contributed by atoms with Crippen LogP contribution in [0, 0.1) is 0 Å². The smallest absolute Gasteiger partial charge is 0.253 e. The number of ether oxygens (including phenoxy) is 1. The van der Waals surface area contributed by atoms with Crippen LogP contribution in [0.5, 0.6) is 0 Å². The van der Waals surface area contributed by atoms with E-state index in [1.54, 1.807) is 0 Å². The van der Waals surface area contributed by atoms with Crippen molar-refractivity contribution in [3.63, 3.8) is 0 Å². The highest BCUT2D eigenvalue weighted by molar-refractivity contribution is 5.82. The maximum atomic E-state index is 12.2. The zero-order valence-corrected chi connectivity index (χ0v) is 9.53. The SMILES string of the molecule is CC1CCC(C)N1C(=O)C1CNCCO1. The summed E-state index contributed by atoms with van der Waals surface area (Å²) < 4.78 is 5.50. The number of rotatable bonds is 1. The average molecular weight is 212 g/mol. The summed E-state index contributed by atoms with van der Waals surface area (Å²) in [5.74, 6) is 0.166. The summed E-state index contributed by atoms with van der Waals surface area (Å²) in [7, 11) is 0. The van der Waals surface area contributed by atoms with Crippen molar-refractivity contribution >= 4 is 5.91 Å². The van der Waals surface area contributed by atoms with Gasteiger partial charge in [0.2, 0.25) is 0 Å². The minimum atomic E-state index is -0.262. The molecule has 4 heteroatoms. The molecule has 3 atom stereocenters. The molecule has 2 rings (SSSR count). The van der Waals surface area contributed by atoms with Gasteiger partial charge in [0.15, 0.2) is 0 Å². The predicted molar refractivity (Wildman–Crippen MR) is 57.6 cm³/mol. The largest absolute Gasteiger partial charge is 0.366 e. The molecule has 2 heterocycles. The topological polar surface area (TPSA) is 41.6 Å². The Hall–Kier alpha value is -0.610. The van der Waals surface area contributed by atoms with Crippen LogP contribution in [0.25, 0.3) is 0 Å². The third-order valence-electron chi connectivity index (χ3n) is 3.41. The Bertz CT molecular complexity index is 229. The van der Waals surface area contributed by atoms with Gasteiger partial charge >= 0.3 is 0 Å². The lowest BCUT2D eigenvalue weighted by atomic mass is 10.2. The van der Waals surface area contributed by atoms with Crippen molar-refractivity contribution in [1.82, 2.24) is 10.2 Å². The van der Waals surface area contributed by atoms with Gasteiger partial charge in [-0.15, -0.1) is 0 Å². The number of hydrogen-bond donors (Lipinski definition) is 1. The number of morpholine rings is 1. The molecule has 2 fully saturated rings. The van der Waals surface area contributed by atoms with Gasteiger partial charge in [0.05, 0.1) is 6.61 Å². The first-order chi connectivity index (χ1) is 7.20. The molecular weight excluding hydrogens is 192 g/mol. The van der Waals surface area contributed by atoms with Crippen LogP contribution in [-0.2, 0) is 9.53 Å². The van der Waals surface area contributed by atoms with E-state index in [0.717, 1.165) is 19.4 Å². The van der Waals surface area contributed by atoms with Gasteiger partial charge in [-0.2, -0.15) is 0 Å². The Balaban J connectivity index is 1.99. The van der Waals surface area contributed by atoms with Crippen molar-refractivity contribution in [3.8, 4) is 0 Å². The quantitative estimate of drug-likeness (QED) is 0.683. The zero-order chi connectivity index (χ0) is 10.8. The third kappa shape index (κ3) is 2.16. The standard InChI is InChI=1S/C11H20N2O2/c1-8-3-4-9(2)13(8)11(14)10-7-12-5-6-15-10/h8-10,12H,3-7H2,1-2H3. The van der Waals surface area contributed by atoms with Crippen LogP contribution in [0.3, 0.4) is 0 Å². The number of nitrogens with zero attached hydrogens (tertiary/aromatic N) is 1. The van der Waals surface area contributed by atoms with Crippen LogP contribution in [0.15, 0.2) is 0 Å². The molecule has 0 aromatic carbocycles. The lowest BCUT2D eigenvalue weighted by molar-refractivity contribution is -0.147. The third-order valence-corrected chi connectivity index (χ3v) is 3.41. The lowest BCUT2D eigenvalue weighted by Crippen LogP contribution is -2.51. The van der Waals surface area contributed by atoms with Crippen LogP contribution < -0.4 is 5.32 Å². The van der Waals surface area contributed by atoms with E-state index < -0.39 is 0 Å². The molecule has 2 aliphatic heterocycles. The molecule has 2 aliphatic rings. The first kappa shape index (κ1) is 10.9. The molecule has 0 aliphatic carbocycles. The van der Waals surface area contributed by atoms with Crippen LogP contribution in [0.1, 0.15) is 26.7 Å². The van der Waals surface area contributed by atoms with Crippen molar-refractivity contribution in [2.24, 2.45) is 0 Å². The number of likely N-dealkylation sites (tertiary alicyclic amines) is 1. The number of hydrogen-bond acceptors (Lipinski definition) is 3. The maximum absolute atomic E-state index is 12.2. The number of carbonyl (C=O) groups is 1. The maximum Gasteiger partial charge on any atom is 0.253 e. The minimum Gasteiger partial charge on any atom is -0.366 e. The highest BCUT2D eigenvalue weighted by Crippen LogP contribution is 2.24. The molecule has 0 spiro atoms. The molecule has 1 N–H and O–H groups in total. The van der Waals surface area contributed by atoms with Gasteiger partial charge < -0.3 is 15.0 Å². The van der Waals surface area contributed by atoms with Gasteiger partial charge in [0.1, 0.15) is 6.10 Å². The molecule has 0 radical (unpaired) electrons. The van der Waals surface area contributed by atoms with E-state index in [4.69, 9.17) is 4.74 Å². The normalized spacial score (nSPS) is 36.9. The van der Waals surface area contributed by atoms with Crippen LogP contribution in [0.2, 0.25) is 0 Å². The minimum absolute atomic E-state index is 0.166. The Labute approximate surface area is 91.0 Å². The van der Waals surface area contributed by atoms with Crippen LogP contribution in [-0.4, -0.2) is 48.7 Å². The number of nitrogens with one attached hydrogen (secondary N) is 1. The molecule has 4 nitrogen and oxygen atoms in total. The van der Waals surface area contributed by atoms with E-state index in [-0.39, 0.29) is 12.0 Å². The summed E-state index contributed by atoms with van der Waals surface area (Å²) in [6.07, 6.45) is 1.97. The van der Waals surface area contributed by atoms with Gasteiger partial charge in [0.25, 0.3) is 5.91 Å². The molecule has 0 bridgehead atoms. The molecule has 15 heavy (non-hydrogen) atoms. The van der Waals surface area contributed by atoms with Gasteiger partial charge in [-0.25, -0.2) is 0 Å². The first-order valence-corrected chi connectivity index (χ1v) is 5.84. The molecular formula is C11H20N2O2. The van der Waals surface area contributed by atoms with E-state index in [1.807, 2.05) is 4.90 Å². The van der Waals surface area contributed by atoms with Crippen LogP contribution >= 0.6 is 0 Å². The zero-order valence-electron chi connectivity index (χ0n) is 9.53. The predicted octanol–water partition coefficient (Wildman–Crippen LogP) is 0.374. The molecule has 0 aromatic rings. The average Bonchev–Trinajstić information content (AvgIpc) is 2.59. The van der Waals surface area contributed by atoms with Gasteiger partial charge in [-0.3, -0.25) is 4.79 Å². The number of amides is 1. The van der Waals surface area contributed by atoms with Crippen molar-refractivity contribution in [2.45, 2.75) is 44.9 Å². The molecule has 0 aromatic heterocycles. The van der Waals surface area contributed by atoms with E-state index in [0.29, 0.717) is 25.2 Å². The summed E-state index contributed by atoms with van der Waals surface area (Å²) in [6.45, 7) is 6.41. The highest BCUT2D eigenvalue weighted by atomic mass is 16.5. The van der Waals surface area contributed by atoms with Crippen LogP contribution in [0.4, 0.5) is 0 Å². The Morgan fingerprint density at radius 1 is 1.33 bits per heavy atom. The summed E-state index contributed by atoms with van der Waals surface area (Å²) in [5.41, 5.74) is 0. The summed E-state index contributed by atoms with van der Waals surface area (Å²) in [4.78, 5) is 14.2. The summed E-state index contributed by atoms with van der Waals surface area (Å²) in [6, 6.07) is 0.746.